The number of pyridine rings is 1. The molecule has 5 rings (SSSR count). The Bertz CT molecular complexity index is 948. The van der Waals surface area contributed by atoms with Crippen LogP contribution >= 0.6 is 11.6 Å². The highest BCUT2D eigenvalue weighted by atomic mass is 35.5. The summed E-state index contributed by atoms with van der Waals surface area (Å²) >= 11 is 6.78. The van der Waals surface area contributed by atoms with Crippen molar-refractivity contribution in [1.82, 2.24) is 14.6 Å². The smallest absolute Gasteiger partial charge is 0.181 e. The summed E-state index contributed by atoms with van der Waals surface area (Å²) in [5, 5.41) is 9.52. The Kier molecular flexibility index (Phi) is 4.31. The molecule has 2 aromatic heterocycles. The van der Waals surface area contributed by atoms with Gasteiger partial charge in [-0.3, -0.25) is 4.40 Å². The molecular formula is C22H25ClN4. The second-order valence-electron chi connectivity index (χ2n) is 8.20. The van der Waals surface area contributed by atoms with Crippen LogP contribution in [0.4, 0.5) is 5.69 Å². The van der Waals surface area contributed by atoms with Gasteiger partial charge in [-0.05, 0) is 48.6 Å². The summed E-state index contributed by atoms with van der Waals surface area (Å²) in [6.45, 7) is 4.38. The molecule has 0 spiro atoms. The molecule has 5 heteroatoms. The molecule has 2 fully saturated rings. The van der Waals surface area contributed by atoms with E-state index < -0.39 is 0 Å². The molecule has 1 saturated carbocycles. The van der Waals surface area contributed by atoms with Gasteiger partial charge in [0.2, 0.25) is 0 Å². The molecule has 1 aliphatic heterocycles. The monoisotopic (exact) mass is 380 g/mol. The maximum atomic E-state index is 6.78. The Hall–Kier alpha value is -2.07. The molecule has 1 saturated heterocycles. The van der Waals surface area contributed by atoms with Gasteiger partial charge in [-0.1, -0.05) is 48.9 Å². The summed E-state index contributed by atoms with van der Waals surface area (Å²) in [7, 11) is 0. The van der Waals surface area contributed by atoms with Crippen LogP contribution in [0.2, 0.25) is 5.02 Å². The lowest BCUT2D eigenvalue weighted by atomic mass is 9.81. The van der Waals surface area contributed by atoms with Crippen molar-refractivity contribution in [2.45, 2.75) is 38.5 Å². The average Bonchev–Trinajstić information content (AvgIpc) is 3.41. The maximum Gasteiger partial charge on any atom is 0.181 e. The van der Waals surface area contributed by atoms with E-state index in [1.54, 1.807) is 0 Å². The van der Waals surface area contributed by atoms with Gasteiger partial charge in [-0.15, -0.1) is 10.2 Å². The largest absolute Gasteiger partial charge is 0.370 e. The molecule has 0 amide bonds. The van der Waals surface area contributed by atoms with Gasteiger partial charge in [-0.2, -0.15) is 0 Å². The zero-order valence-electron chi connectivity index (χ0n) is 15.7. The van der Waals surface area contributed by atoms with Gasteiger partial charge < -0.3 is 4.90 Å². The second kappa shape index (κ2) is 6.83. The summed E-state index contributed by atoms with van der Waals surface area (Å²) < 4.78 is 2.07. The first-order valence-corrected chi connectivity index (χ1v) is 10.4. The van der Waals surface area contributed by atoms with E-state index in [1.165, 1.54) is 18.4 Å². The summed E-state index contributed by atoms with van der Waals surface area (Å²) in [5.41, 5.74) is 3.34. The number of rotatable bonds is 4. The fraction of sp³-hybridized carbons (Fsp3) is 0.455. The van der Waals surface area contributed by atoms with E-state index in [2.05, 4.69) is 69.0 Å². The molecular weight excluding hydrogens is 356 g/mol. The Labute approximate surface area is 165 Å². The number of hydrogen-bond acceptors (Lipinski definition) is 3. The highest BCUT2D eigenvalue weighted by Gasteiger charge is 2.29. The molecule has 140 valence electrons. The molecule has 0 N–H and O–H groups in total. The van der Waals surface area contributed by atoms with E-state index in [0.717, 1.165) is 54.0 Å². The zero-order chi connectivity index (χ0) is 18.4. The number of halogens is 1. The van der Waals surface area contributed by atoms with Crippen molar-refractivity contribution in [3.8, 4) is 0 Å². The highest BCUT2D eigenvalue weighted by molar-refractivity contribution is 6.36. The third-order valence-electron chi connectivity index (χ3n) is 6.21. The minimum atomic E-state index is 0.580. The predicted octanol–water partition coefficient (Wildman–Crippen LogP) is 4.97. The van der Waals surface area contributed by atoms with Crippen LogP contribution in [-0.2, 0) is 6.42 Å². The van der Waals surface area contributed by atoms with Crippen molar-refractivity contribution in [3.63, 3.8) is 0 Å². The summed E-state index contributed by atoms with van der Waals surface area (Å²) in [5.74, 6) is 3.02. The fourth-order valence-corrected chi connectivity index (χ4v) is 4.80. The number of hydrogen-bond donors (Lipinski definition) is 0. The van der Waals surface area contributed by atoms with Crippen molar-refractivity contribution < 1.29 is 0 Å². The molecule has 0 radical (unpaired) electrons. The molecule has 1 aliphatic carbocycles. The lowest BCUT2D eigenvalue weighted by molar-refractivity contribution is 0.383. The van der Waals surface area contributed by atoms with Crippen molar-refractivity contribution in [2.75, 3.05) is 18.0 Å². The standard InChI is InChI=1S/C22H25ClN4/c1-15-14-26(11-9-18(15)17-5-3-2-4-6-17)19-10-12-27-20(13-16-7-8-16)24-25-22(27)21(19)23/h2-6,10,12,15-16,18H,7-9,11,13-14H2,1H3/t15-,18+/m0/s1. The third kappa shape index (κ3) is 3.20. The van der Waals surface area contributed by atoms with Crippen molar-refractivity contribution in [2.24, 2.45) is 11.8 Å². The normalized spacial score (nSPS) is 23.1. The number of fused-ring (bicyclic) bond motifs is 1. The van der Waals surface area contributed by atoms with Gasteiger partial charge >= 0.3 is 0 Å². The first-order valence-electron chi connectivity index (χ1n) is 10.0. The minimum Gasteiger partial charge on any atom is -0.370 e. The molecule has 3 heterocycles. The fourth-order valence-electron chi connectivity index (χ4n) is 4.49. The van der Waals surface area contributed by atoms with E-state index in [0.29, 0.717) is 11.8 Å². The SMILES string of the molecule is C[C@H]1CN(c2ccn3c(CC4CC4)nnc3c2Cl)CC[C@H]1c1ccccc1. The second-order valence-corrected chi connectivity index (χ2v) is 8.58. The molecule has 2 atom stereocenters. The van der Waals surface area contributed by atoms with Crippen molar-refractivity contribution in [1.29, 1.82) is 0 Å². The molecule has 1 aromatic carbocycles. The maximum absolute atomic E-state index is 6.78. The lowest BCUT2D eigenvalue weighted by Crippen LogP contribution is -2.38. The Morgan fingerprint density at radius 3 is 2.63 bits per heavy atom. The minimum absolute atomic E-state index is 0.580. The summed E-state index contributed by atoms with van der Waals surface area (Å²) in [4.78, 5) is 2.42. The van der Waals surface area contributed by atoms with Crippen LogP contribution in [0.1, 0.15) is 43.5 Å². The molecule has 4 nitrogen and oxygen atoms in total. The van der Waals surface area contributed by atoms with Crippen LogP contribution in [0.25, 0.3) is 5.65 Å². The van der Waals surface area contributed by atoms with Gasteiger partial charge in [0.1, 0.15) is 10.8 Å². The molecule has 27 heavy (non-hydrogen) atoms. The number of benzene rings is 1. The van der Waals surface area contributed by atoms with Crippen molar-refractivity contribution in [3.05, 3.63) is 59.0 Å². The highest BCUT2D eigenvalue weighted by Crippen LogP contribution is 2.38. The van der Waals surface area contributed by atoms with Crippen LogP contribution in [-0.4, -0.2) is 27.7 Å². The molecule has 2 aliphatic rings. The Balaban J connectivity index is 1.38. The summed E-state index contributed by atoms with van der Waals surface area (Å²) in [6, 6.07) is 13.0. The zero-order valence-corrected chi connectivity index (χ0v) is 16.4. The number of piperidine rings is 1. The van der Waals surface area contributed by atoms with E-state index in [1.807, 2.05) is 0 Å². The van der Waals surface area contributed by atoms with Crippen molar-refractivity contribution >= 4 is 22.9 Å². The van der Waals surface area contributed by atoms with Gasteiger partial charge in [0.25, 0.3) is 0 Å². The van der Waals surface area contributed by atoms with Crippen LogP contribution in [0.15, 0.2) is 42.6 Å². The van der Waals surface area contributed by atoms with Gasteiger partial charge in [0, 0.05) is 25.7 Å². The van der Waals surface area contributed by atoms with Gasteiger partial charge in [0.05, 0.1) is 5.69 Å². The predicted molar refractivity (Wildman–Crippen MR) is 110 cm³/mol. The van der Waals surface area contributed by atoms with Crippen LogP contribution in [0.3, 0.4) is 0 Å². The number of aromatic nitrogens is 3. The van der Waals surface area contributed by atoms with Gasteiger partial charge in [0.15, 0.2) is 5.65 Å². The molecule has 0 unspecified atom stereocenters. The van der Waals surface area contributed by atoms with E-state index in [4.69, 9.17) is 11.6 Å². The van der Waals surface area contributed by atoms with E-state index in [9.17, 15) is 0 Å². The Morgan fingerprint density at radius 2 is 1.89 bits per heavy atom. The van der Waals surface area contributed by atoms with E-state index >= 15 is 0 Å². The number of anilines is 1. The quantitative estimate of drug-likeness (QED) is 0.641. The Morgan fingerprint density at radius 1 is 1.07 bits per heavy atom. The van der Waals surface area contributed by atoms with E-state index in [-0.39, 0.29) is 0 Å². The van der Waals surface area contributed by atoms with Crippen LogP contribution < -0.4 is 4.90 Å². The average molecular weight is 381 g/mol. The third-order valence-corrected chi connectivity index (χ3v) is 6.57. The number of nitrogens with zero attached hydrogens (tertiary/aromatic N) is 4. The summed E-state index contributed by atoms with van der Waals surface area (Å²) in [6.07, 6.45) is 6.88. The van der Waals surface area contributed by atoms with Gasteiger partial charge in [-0.25, -0.2) is 0 Å². The van der Waals surface area contributed by atoms with Crippen LogP contribution in [0.5, 0.6) is 0 Å². The lowest BCUT2D eigenvalue weighted by Gasteiger charge is -2.39. The first-order chi connectivity index (χ1) is 13.2. The molecule has 0 bridgehead atoms. The molecule has 3 aromatic rings. The topological polar surface area (TPSA) is 33.4 Å². The first kappa shape index (κ1) is 17.1. The van der Waals surface area contributed by atoms with Crippen LogP contribution in [0, 0.1) is 11.8 Å².